The number of hydrogen-bond acceptors (Lipinski definition) is 4. The van der Waals surface area contributed by atoms with Gasteiger partial charge in [-0.1, -0.05) is 11.6 Å². The van der Waals surface area contributed by atoms with Gasteiger partial charge >= 0.3 is 0 Å². The van der Waals surface area contributed by atoms with Crippen LogP contribution < -0.4 is 20.1 Å². The third kappa shape index (κ3) is 3.38. The summed E-state index contributed by atoms with van der Waals surface area (Å²) in [6.07, 6.45) is 0. The number of fused-ring (bicyclic) bond motifs is 1. The molecule has 0 atom stereocenters. The normalized spacial score (nSPS) is 12.0. The summed E-state index contributed by atoms with van der Waals surface area (Å²) in [7, 11) is 0. The van der Waals surface area contributed by atoms with Crippen molar-refractivity contribution in [3.63, 3.8) is 0 Å². The van der Waals surface area contributed by atoms with E-state index < -0.39 is 0 Å². The highest BCUT2D eigenvalue weighted by atomic mass is 35.5. The SMILES string of the molecule is O=C(CNc1ccc2c(c1)OCO2)Nc1ccc(Cl)cc1. The van der Waals surface area contributed by atoms with E-state index in [1.807, 2.05) is 12.1 Å². The van der Waals surface area contributed by atoms with Crippen molar-refractivity contribution in [2.24, 2.45) is 0 Å². The van der Waals surface area contributed by atoms with Gasteiger partial charge in [0.1, 0.15) is 0 Å². The van der Waals surface area contributed by atoms with Crippen LogP contribution in [0.2, 0.25) is 5.02 Å². The minimum atomic E-state index is -0.144. The van der Waals surface area contributed by atoms with Crippen molar-refractivity contribution < 1.29 is 14.3 Å². The van der Waals surface area contributed by atoms with Crippen LogP contribution in [0.4, 0.5) is 11.4 Å². The molecule has 2 N–H and O–H groups in total. The molecule has 108 valence electrons. The minimum absolute atomic E-state index is 0.144. The summed E-state index contributed by atoms with van der Waals surface area (Å²) >= 11 is 5.79. The predicted octanol–water partition coefficient (Wildman–Crippen LogP) is 3.12. The van der Waals surface area contributed by atoms with Crippen LogP contribution in [0.15, 0.2) is 42.5 Å². The number of benzene rings is 2. The molecule has 21 heavy (non-hydrogen) atoms. The van der Waals surface area contributed by atoms with Gasteiger partial charge in [0.2, 0.25) is 12.7 Å². The maximum atomic E-state index is 11.8. The number of ether oxygens (including phenoxy) is 2. The summed E-state index contributed by atoms with van der Waals surface area (Å²) in [4.78, 5) is 11.8. The zero-order valence-corrected chi connectivity index (χ0v) is 11.8. The molecule has 0 aromatic heterocycles. The molecule has 0 unspecified atom stereocenters. The molecule has 1 heterocycles. The summed E-state index contributed by atoms with van der Waals surface area (Å²) in [5.41, 5.74) is 1.50. The Morgan fingerprint density at radius 3 is 2.57 bits per heavy atom. The van der Waals surface area contributed by atoms with Crippen molar-refractivity contribution >= 4 is 28.9 Å². The Morgan fingerprint density at radius 1 is 1.05 bits per heavy atom. The second-order valence-electron chi connectivity index (χ2n) is 4.48. The van der Waals surface area contributed by atoms with Gasteiger partial charge in [0.15, 0.2) is 11.5 Å². The summed E-state index contributed by atoms with van der Waals surface area (Å²) in [5, 5.41) is 6.44. The Bertz CT molecular complexity index is 658. The first-order valence-electron chi connectivity index (χ1n) is 6.40. The lowest BCUT2D eigenvalue weighted by Gasteiger charge is -2.08. The summed E-state index contributed by atoms with van der Waals surface area (Å²) in [5.74, 6) is 1.25. The number of anilines is 2. The molecule has 5 nitrogen and oxygen atoms in total. The molecule has 3 rings (SSSR count). The van der Waals surface area contributed by atoms with E-state index >= 15 is 0 Å². The highest BCUT2D eigenvalue weighted by molar-refractivity contribution is 6.30. The van der Waals surface area contributed by atoms with E-state index in [4.69, 9.17) is 21.1 Å². The number of carbonyl (C=O) groups excluding carboxylic acids is 1. The van der Waals surface area contributed by atoms with Crippen molar-refractivity contribution in [3.8, 4) is 11.5 Å². The lowest BCUT2D eigenvalue weighted by molar-refractivity contribution is -0.114. The highest BCUT2D eigenvalue weighted by Crippen LogP contribution is 2.34. The average Bonchev–Trinajstić information content (AvgIpc) is 2.95. The van der Waals surface area contributed by atoms with Crippen LogP contribution in [0.1, 0.15) is 0 Å². The number of carbonyl (C=O) groups is 1. The quantitative estimate of drug-likeness (QED) is 0.911. The van der Waals surface area contributed by atoms with Crippen LogP contribution in [-0.4, -0.2) is 19.2 Å². The lowest BCUT2D eigenvalue weighted by atomic mass is 10.2. The van der Waals surface area contributed by atoms with Gasteiger partial charge in [0.25, 0.3) is 0 Å². The molecule has 6 heteroatoms. The van der Waals surface area contributed by atoms with Crippen LogP contribution in [-0.2, 0) is 4.79 Å². The molecule has 0 saturated heterocycles. The van der Waals surface area contributed by atoms with E-state index in [0.717, 1.165) is 5.69 Å². The van der Waals surface area contributed by atoms with Gasteiger partial charge in [-0.15, -0.1) is 0 Å². The third-order valence-corrected chi connectivity index (χ3v) is 3.21. The monoisotopic (exact) mass is 304 g/mol. The van der Waals surface area contributed by atoms with Crippen LogP contribution in [0.3, 0.4) is 0 Å². The van der Waals surface area contributed by atoms with Crippen LogP contribution in [0.25, 0.3) is 0 Å². The smallest absolute Gasteiger partial charge is 0.243 e. The zero-order valence-electron chi connectivity index (χ0n) is 11.1. The fourth-order valence-electron chi connectivity index (χ4n) is 1.93. The molecule has 0 spiro atoms. The molecule has 0 saturated carbocycles. The Balaban J connectivity index is 1.55. The maximum Gasteiger partial charge on any atom is 0.243 e. The number of halogens is 1. The second kappa shape index (κ2) is 5.93. The Labute approximate surface area is 126 Å². The van der Waals surface area contributed by atoms with Gasteiger partial charge in [-0.3, -0.25) is 4.79 Å². The van der Waals surface area contributed by atoms with Gasteiger partial charge in [0.05, 0.1) is 6.54 Å². The van der Waals surface area contributed by atoms with Crippen molar-refractivity contribution in [3.05, 3.63) is 47.5 Å². The largest absolute Gasteiger partial charge is 0.454 e. The topological polar surface area (TPSA) is 59.6 Å². The van der Waals surface area contributed by atoms with Crippen LogP contribution in [0, 0.1) is 0 Å². The van der Waals surface area contributed by atoms with Crippen molar-refractivity contribution in [1.82, 2.24) is 0 Å². The number of hydrogen-bond donors (Lipinski definition) is 2. The van der Waals surface area contributed by atoms with E-state index in [2.05, 4.69) is 10.6 Å². The minimum Gasteiger partial charge on any atom is -0.454 e. The number of nitrogens with one attached hydrogen (secondary N) is 2. The summed E-state index contributed by atoms with van der Waals surface area (Å²) < 4.78 is 10.5. The Morgan fingerprint density at radius 2 is 1.76 bits per heavy atom. The molecule has 0 fully saturated rings. The third-order valence-electron chi connectivity index (χ3n) is 2.95. The van der Waals surface area contributed by atoms with E-state index in [0.29, 0.717) is 22.2 Å². The van der Waals surface area contributed by atoms with Crippen molar-refractivity contribution in [2.45, 2.75) is 0 Å². The molecule has 0 aliphatic carbocycles. The fourth-order valence-corrected chi connectivity index (χ4v) is 2.05. The molecule has 2 aromatic rings. The molecule has 1 aliphatic heterocycles. The second-order valence-corrected chi connectivity index (χ2v) is 4.91. The van der Waals surface area contributed by atoms with Crippen molar-refractivity contribution in [1.29, 1.82) is 0 Å². The first-order chi connectivity index (χ1) is 10.2. The number of rotatable bonds is 4. The molecule has 0 radical (unpaired) electrons. The predicted molar refractivity (Wildman–Crippen MR) is 81.1 cm³/mol. The molecular formula is C15H13ClN2O3. The Hall–Kier alpha value is -2.40. The molecule has 1 amide bonds. The average molecular weight is 305 g/mol. The maximum absolute atomic E-state index is 11.8. The molecule has 2 aromatic carbocycles. The Kier molecular flexibility index (Phi) is 3.83. The van der Waals surface area contributed by atoms with Crippen molar-refractivity contribution in [2.75, 3.05) is 24.0 Å². The van der Waals surface area contributed by atoms with E-state index in [1.165, 1.54) is 0 Å². The fraction of sp³-hybridized carbons (Fsp3) is 0.133. The molecule has 0 bridgehead atoms. The van der Waals surface area contributed by atoms with Gasteiger partial charge < -0.3 is 20.1 Å². The lowest BCUT2D eigenvalue weighted by Crippen LogP contribution is -2.21. The summed E-state index contributed by atoms with van der Waals surface area (Å²) in [6.45, 7) is 0.387. The van der Waals surface area contributed by atoms with E-state index in [1.54, 1.807) is 30.3 Å². The van der Waals surface area contributed by atoms with E-state index in [-0.39, 0.29) is 19.2 Å². The van der Waals surface area contributed by atoms with Gasteiger partial charge in [-0.05, 0) is 36.4 Å². The van der Waals surface area contributed by atoms with Gasteiger partial charge in [-0.2, -0.15) is 0 Å². The van der Waals surface area contributed by atoms with Crippen LogP contribution in [0.5, 0.6) is 11.5 Å². The van der Waals surface area contributed by atoms with Crippen LogP contribution >= 0.6 is 11.6 Å². The molecular weight excluding hydrogens is 292 g/mol. The standard InChI is InChI=1S/C15H13ClN2O3/c16-10-1-3-11(4-2-10)18-15(19)8-17-12-5-6-13-14(7-12)21-9-20-13/h1-7,17H,8-9H2,(H,18,19). The van der Waals surface area contributed by atoms with Gasteiger partial charge in [0, 0.05) is 22.5 Å². The van der Waals surface area contributed by atoms with E-state index in [9.17, 15) is 4.79 Å². The summed E-state index contributed by atoms with van der Waals surface area (Å²) in [6, 6.07) is 12.4. The first kappa shape index (κ1) is 13.6. The number of amides is 1. The molecule has 1 aliphatic rings. The highest BCUT2D eigenvalue weighted by Gasteiger charge is 2.13. The zero-order chi connectivity index (χ0) is 14.7. The first-order valence-corrected chi connectivity index (χ1v) is 6.77. The van der Waals surface area contributed by atoms with Gasteiger partial charge in [-0.25, -0.2) is 0 Å².